The number of pyridine rings is 1. The van der Waals surface area contributed by atoms with Gasteiger partial charge in [0, 0.05) is 18.5 Å². The molecule has 4 aromatic rings. The van der Waals surface area contributed by atoms with Crippen molar-refractivity contribution >= 4 is 10.9 Å². The van der Waals surface area contributed by atoms with Crippen molar-refractivity contribution in [1.29, 1.82) is 5.26 Å². The van der Waals surface area contributed by atoms with Gasteiger partial charge in [0.1, 0.15) is 12.2 Å². The zero-order chi connectivity index (χ0) is 22.9. The van der Waals surface area contributed by atoms with E-state index in [2.05, 4.69) is 33.3 Å². The monoisotopic (exact) mass is 442 g/mol. The van der Waals surface area contributed by atoms with E-state index in [9.17, 15) is 0 Å². The zero-order valence-corrected chi connectivity index (χ0v) is 18.3. The topological polar surface area (TPSA) is 100 Å². The molecule has 4 rings (SSSR count). The van der Waals surface area contributed by atoms with E-state index in [1.807, 2.05) is 53.1 Å². The van der Waals surface area contributed by atoms with Crippen LogP contribution in [0.4, 0.5) is 0 Å². The molecule has 0 fully saturated rings. The van der Waals surface area contributed by atoms with Crippen LogP contribution in [0.2, 0.25) is 0 Å². The third-order valence-corrected chi connectivity index (χ3v) is 5.33. The van der Waals surface area contributed by atoms with Gasteiger partial charge in [0.15, 0.2) is 0 Å². The quantitative estimate of drug-likeness (QED) is 0.357. The average Bonchev–Trinajstić information content (AvgIpc) is 3.28. The number of fused-ring (bicyclic) bond motifs is 1. The Morgan fingerprint density at radius 3 is 2.67 bits per heavy atom. The molecule has 0 saturated carbocycles. The van der Waals surface area contributed by atoms with E-state index in [-0.39, 0.29) is 6.61 Å². The summed E-state index contributed by atoms with van der Waals surface area (Å²) in [5, 5.41) is 27.6. The van der Waals surface area contributed by atoms with Crippen molar-refractivity contribution in [2.75, 3.05) is 26.4 Å². The van der Waals surface area contributed by atoms with Gasteiger partial charge in [0.05, 0.1) is 55.8 Å². The lowest BCUT2D eigenvalue weighted by molar-refractivity contribution is 0.0692. The van der Waals surface area contributed by atoms with E-state index in [1.165, 1.54) is 0 Å². The van der Waals surface area contributed by atoms with Gasteiger partial charge in [-0.1, -0.05) is 36.4 Å². The molecule has 2 aromatic carbocycles. The van der Waals surface area contributed by atoms with Crippen LogP contribution in [0.3, 0.4) is 0 Å². The number of nitrogens with zero attached hydrogens (tertiary/aromatic N) is 6. The third kappa shape index (κ3) is 6.20. The van der Waals surface area contributed by atoms with Crippen LogP contribution < -0.4 is 0 Å². The van der Waals surface area contributed by atoms with Crippen LogP contribution in [-0.2, 0) is 24.4 Å². The molecule has 8 heteroatoms. The molecule has 8 nitrogen and oxygen atoms in total. The average molecular weight is 443 g/mol. The Bertz CT molecular complexity index is 1220. The Morgan fingerprint density at radius 1 is 1.00 bits per heavy atom. The summed E-state index contributed by atoms with van der Waals surface area (Å²) in [6.45, 7) is 3.32. The summed E-state index contributed by atoms with van der Waals surface area (Å²) in [6, 6.07) is 21.9. The molecule has 2 aromatic heterocycles. The number of ether oxygens (including phenoxy) is 1. The lowest BCUT2D eigenvalue weighted by atomic mass is 10.1. The number of para-hydroxylation sites is 1. The smallest absolute Gasteiger partial charge is 0.147 e. The molecule has 33 heavy (non-hydrogen) atoms. The van der Waals surface area contributed by atoms with Crippen molar-refractivity contribution in [3.63, 3.8) is 0 Å². The number of nitriles is 1. The van der Waals surface area contributed by atoms with Crippen molar-refractivity contribution < 1.29 is 9.84 Å². The van der Waals surface area contributed by atoms with Crippen molar-refractivity contribution in [3.8, 4) is 6.07 Å². The third-order valence-electron chi connectivity index (χ3n) is 5.33. The number of hydrogen-bond acceptors (Lipinski definition) is 7. The molecule has 0 aliphatic carbocycles. The maximum atomic E-state index is 9.00. The van der Waals surface area contributed by atoms with Crippen LogP contribution in [0.15, 0.2) is 67.0 Å². The fourth-order valence-electron chi connectivity index (χ4n) is 3.61. The Balaban J connectivity index is 1.48. The van der Waals surface area contributed by atoms with Gasteiger partial charge in [-0.25, -0.2) is 0 Å². The molecular weight excluding hydrogens is 416 g/mol. The minimum atomic E-state index is 0.00511. The van der Waals surface area contributed by atoms with E-state index in [1.54, 1.807) is 6.33 Å². The molecule has 0 aliphatic heterocycles. The van der Waals surface area contributed by atoms with Gasteiger partial charge in [-0.3, -0.25) is 9.88 Å². The summed E-state index contributed by atoms with van der Waals surface area (Å²) in [7, 11) is 0. The van der Waals surface area contributed by atoms with Crippen LogP contribution in [0.25, 0.3) is 10.9 Å². The maximum Gasteiger partial charge on any atom is 0.147 e. The van der Waals surface area contributed by atoms with E-state index in [0.29, 0.717) is 45.0 Å². The first-order chi connectivity index (χ1) is 16.2. The molecule has 0 atom stereocenters. The summed E-state index contributed by atoms with van der Waals surface area (Å²) in [5.74, 6) is 0.835. The van der Waals surface area contributed by atoms with E-state index in [0.717, 1.165) is 28.0 Å². The molecule has 0 unspecified atom stereocenters. The highest BCUT2D eigenvalue weighted by molar-refractivity contribution is 5.78. The molecule has 168 valence electrons. The van der Waals surface area contributed by atoms with Gasteiger partial charge in [0.2, 0.25) is 0 Å². The lowest BCUT2D eigenvalue weighted by Gasteiger charge is -2.22. The molecular formula is C25H26N6O2. The molecule has 0 amide bonds. The summed E-state index contributed by atoms with van der Waals surface area (Å²) < 4.78 is 7.52. The summed E-state index contributed by atoms with van der Waals surface area (Å²) >= 11 is 0. The fraction of sp³-hybridized carbons (Fsp3) is 0.280. The maximum absolute atomic E-state index is 9.00. The minimum absolute atomic E-state index is 0.00511. The minimum Gasteiger partial charge on any atom is -0.394 e. The van der Waals surface area contributed by atoms with Crippen molar-refractivity contribution in [1.82, 2.24) is 24.6 Å². The van der Waals surface area contributed by atoms with Crippen LogP contribution in [0.5, 0.6) is 0 Å². The molecule has 1 N–H and O–H groups in total. The molecule has 0 radical (unpaired) electrons. The Hall–Kier alpha value is -3.64. The Labute approximate surface area is 192 Å². The second kappa shape index (κ2) is 11.3. The van der Waals surface area contributed by atoms with Crippen molar-refractivity contribution in [2.24, 2.45) is 0 Å². The molecule has 0 spiro atoms. The predicted molar refractivity (Wildman–Crippen MR) is 124 cm³/mol. The fourth-order valence-corrected chi connectivity index (χ4v) is 3.61. The predicted octanol–water partition coefficient (Wildman–Crippen LogP) is 2.76. The van der Waals surface area contributed by atoms with Crippen molar-refractivity contribution in [2.45, 2.75) is 19.6 Å². The van der Waals surface area contributed by atoms with Gasteiger partial charge >= 0.3 is 0 Å². The number of aromatic nitrogens is 4. The second-order valence-electron chi connectivity index (χ2n) is 7.73. The second-order valence-corrected chi connectivity index (χ2v) is 7.73. The van der Waals surface area contributed by atoms with Gasteiger partial charge in [-0.2, -0.15) is 5.26 Å². The highest BCUT2D eigenvalue weighted by Gasteiger charge is 2.14. The number of aliphatic hydroxyl groups excluding tert-OH is 1. The zero-order valence-electron chi connectivity index (χ0n) is 18.3. The van der Waals surface area contributed by atoms with Crippen molar-refractivity contribution in [3.05, 3.63) is 89.6 Å². The van der Waals surface area contributed by atoms with Gasteiger partial charge < -0.3 is 14.4 Å². The molecule has 0 saturated heterocycles. The first-order valence-electron chi connectivity index (χ1n) is 10.9. The Morgan fingerprint density at radius 2 is 1.85 bits per heavy atom. The first kappa shape index (κ1) is 22.6. The summed E-state index contributed by atoms with van der Waals surface area (Å²) in [5.41, 5.74) is 3.65. The number of rotatable bonds is 11. The largest absolute Gasteiger partial charge is 0.394 e. The number of hydrogen-bond donors (Lipinski definition) is 1. The Kier molecular flexibility index (Phi) is 7.72. The van der Waals surface area contributed by atoms with Gasteiger partial charge in [0.25, 0.3) is 0 Å². The van der Waals surface area contributed by atoms with Crippen LogP contribution in [0.1, 0.15) is 22.6 Å². The number of aliphatic hydroxyl groups is 1. The molecule has 2 heterocycles. The number of benzene rings is 2. The molecule has 0 aliphatic rings. The SMILES string of the molecule is N#Cc1ccc(Cn2cnnc2CN(CCOCCO)Cc2ccc3ccccc3n2)cc1. The van der Waals surface area contributed by atoms with Crippen LogP contribution in [-0.4, -0.2) is 56.1 Å². The van der Waals surface area contributed by atoms with Crippen LogP contribution in [0, 0.1) is 11.3 Å². The van der Waals surface area contributed by atoms with E-state index in [4.69, 9.17) is 20.1 Å². The normalized spacial score (nSPS) is 11.2. The van der Waals surface area contributed by atoms with Gasteiger partial charge in [-0.05, 0) is 29.8 Å². The highest BCUT2D eigenvalue weighted by Crippen LogP contribution is 2.15. The molecule has 0 bridgehead atoms. The van der Waals surface area contributed by atoms with Gasteiger partial charge in [-0.15, -0.1) is 10.2 Å². The first-order valence-corrected chi connectivity index (χ1v) is 10.9. The lowest BCUT2D eigenvalue weighted by Crippen LogP contribution is -2.29. The highest BCUT2D eigenvalue weighted by atomic mass is 16.5. The standard InChI is InChI=1S/C25H26N6O2/c26-15-20-5-7-21(8-6-20)16-31-19-27-29-25(31)18-30(11-13-33-14-12-32)17-23-10-9-22-3-1-2-4-24(22)28-23/h1-10,19,32H,11-14,16-18H2. The van der Waals surface area contributed by atoms with E-state index >= 15 is 0 Å². The van der Waals surface area contributed by atoms with E-state index < -0.39 is 0 Å². The summed E-state index contributed by atoms with van der Waals surface area (Å²) in [6.07, 6.45) is 1.72. The van der Waals surface area contributed by atoms with Crippen LogP contribution >= 0.6 is 0 Å². The summed E-state index contributed by atoms with van der Waals surface area (Å²) in [4.78, 5) is 7.02.